The molecular weight excluding hydrogens is 313 g/mol. The molecule has 0 aliphatic heterocycles. The second kappa shape index (κ2) is 5.36. The highest BCUT2D eigenvalue weighted by Crippen LogP contribution is 2.21. The smallest absolute Gasteiger partial charge is 0.257 e. The molecule has 2 rings (SSSR count). The predicted octanol–water partition coefficient (Wildman–Crippen LogP) is 3.13. The Morgan fingerprint density at radius 2 is 2.21 bits per heavy atom. The van der Waals surface area contributed by atoms with E-state index in [4.69, 9.17) is 5.73 Å². The summed E-state index contributed by atoms with van der Waals surface area (Å²) in [4.78, 5) is 16.0. The van der Waals surface area contributed by atoms with Crippen LogP contribution in [0.1, 0.15) is 15.9 Å². The summed E-state index contributed by atoms with van der Waals surface area (Å²) < 4.78 is 14.2. The van der Waals surface area contributed by atoms with Crippen molar-refractivity contribution in [3.8, 4) is 0 Å². The van der Waals surface area contributed by atoms with Crippen molar-refractivity contribution >= 4 is 33.3 Å². The number of anilines is 2. The number of carbonyl (C=O) groups is 1. The van der Waals surface area contributed by atoms with Crippen LogP contribution in [0.3, 0.4) is 0 Å². The number of hydrogen-bond donors (Lipinski definition) is 2. The van der Waals surface area contributed by atoms with E-state index < -0.39 is 11.7 Å². The number of aromatic nitrogens is 1. The zero-order chi connectivity index (χ0) is 14.0. The van der Waals surface area contributed by atoms with E-state index in [-0.39, 0.29) is 11.3 Å². The molecule has 0 bridgehead atoms. The quantitative estimate of drug-likeness (QED) is 0.834. The molecule has 0 saturated carbocycles. The Bertz CT molecular complexity index is 623. The number of nitrogens with one attached hydrogen (secondary N) is 1. The number of halogens is 2. The second-order valence-electron chi connectivity index (χ2n) is 3.96. The molecular formula is C13H11BrFN3O. The van der Waals surface area contributed by atoms with Crippen LogP contribution in [0.4, 0.5) is 15.9 Å². The Hall–Kier alpha value is -1.95. The maximum absolute atomic E-state index is 13.5. The fourth-order valence-electron chi connectivity index (χ4n) is 1.49. The summed E-state index contributed by atoms with van der Waals surface area (Å²) in [5, 5.41) is 2.58. The lowest BCUT2D eigenvalue weighted by Gasteiger charge is -2.08. The van der Waals surface area contributed by atoms with Gasteiger partial charge in [0.15, 0.2) is 0 Å². The zero-order valence-corrected chi connectivity index (χ0v) is 11.7. The lowest BCUT2D eigenvalue weighted by Crippen LogP contribution is -2.14. The van der Waals surface area contributed by atoms with E-state index in [1.165, 1.54) is 6.07 Å². The Labute approximate surface area is 118 Å². The van der Waals surface area contributed by atoms with Crippen LogP contribution < -0.4 is 11.1 Å². The first kappa shape index (κ1) is 13.5. The van der Waals surface area contributed by atoms with Crippen molar-refractivity contribution in [2.24, 2.45) is 0 Å². The van der Waals surface area contributed by atoms with Gasteiger partial charge in [0.2, 0.25) is 0 Å². The minimum Gasteiger partial charge on any atom is -0.398 e. The van der Waals surface area contributed by atoms with Crippen LogP contribution >= 0.6 is 15.9 Å². The molecule has 4 nitrogen and oxygen atoms in total. The second-order valence-corrected chi connectivity index (χ2v) is 4.81. The molecule has 0 radical (unpaired) electrons. The molecule has 3 N–H and O–H groups in total. The number of benzene rings is 1. The third kappa shape index (κ3) is 2.90. The highest BCUT2D eigenvalue weighted by atomic mass is 79.9. The molecule has 1 heterocycles. The number of amides is 1. The van der Waals surface area contributed by atoms with E-state index in [0.717, 1.165) is 6.07 Å². The molecule has 0 fully saturated rings. The normalized spacial score (nSPS) is 10.3. The molecule has 0 atom stereocenters. The Kier molecular flexibility index (Phi) is 3.80. The van der Waals surface area contributed by atoms with E-state index in [0.29, 0.717) is 15.9 Å². The fourth-order valence-corrected chi connectivity index (χ4v) is 1.84. The van der Waals surface area contributed by atoms with Crippen LogP contribution in [0.25, 0.3) is 0 Å². The van der Waals surface area contributed by atoms with Gasteiger partial charge in [-0.2, -0.15) is 0 Å². The van der Waals surface area contributed by atoms with Crippen LogP contribution in [0.15, 0.2) is 34.9 Å². The Balaban J connectivity index is 2.28. The minimum atomic E-state index is -0.509. The van der Waals surface area contributed by atoms with Gasteiger partial charge in [0, 0.05) is 23.0 Å². The van der Waals surface area contributed by atoms with Crippen LogP contribution in [-0.4, -0.2) is 10.9 Å². The molecule has 6 heteroatoms. The summed E-state index contributed by atoms with van der Waals surface area (Å²) >= 11 is 3.26. The number of carbonyl (C=O) groups excluding carboxylic acids is 1. The van der Waals surface area contributed by atoms with Gasteiger partial charge >= 0.3 is 0 Å². The summed E-state index contributed by atoms with van der Waals surface area (Å²) in [6.45, 7) is 1.56. The molecule has 1 aromatic heterocycles. The standard InChI is InChI=1S/C13H11BrFN3O/c1-7-10(15)5-8(6-11(7)16)13(19)18-12-9(14)3-2-4-17-12/h2-6H,16H2,1H3,(H,17,18,19). The monoisotopic (exact) mass is 323 g/mol. The van der Waals surface area contributed by atoms with Crippen LogP contribution in [-0.2, 0) is 0 Å². The van der Waals surface area contributed by atoms with Crippen LogP contribution in [0, 0.1) is 12.7 Å². The highest BCUT2D eigenvalue weighted by Gasteiger charge is 2.12. The van der Waals surface area contributed by atoms with Gasteiger partial charge < -0.3 is 11.1 Å². The van der Waals surface area contributed by atoms with E-state index in [1.54, 1.807) is 25.3 Å². The van der Waals surface area contributed by atoms with Gasteiger partial charge in [-0.1, -0.05) is 0 Å². The average molecular weight is 324 g/mol. The summed E-state index contributed by atoms with van der Waals surface area (Å²) in [6, 6.07) is 6.05. The average Bonchev–Trinajstić information content (AvgIpc) is 2.38. The summed E-state index contributed by atoms with van der Waals surface area (Å²) in [5.41, 5.74) is 6.36. The van der Waals surface area contributed by atoms with Crippen molar-refractivity contribution in [3.63, 3.8) is 0 Å². The molecule has 0 unspecified atom stereocenters. The van der Waals surface area contributed by atoms with E-state index in [9.17, 15) is 9.18 Å². The first-order valence-electron chi connectivity index (χ1n) is 5.46. The van der Waals surface area contributed by atoms with Gasteiger partial charge in [-0.05, 0) is 47.1 Å². The topological polar surface area (TPSA) is 68.0 Å². The van der Waals surface area contributed by atoms with Gasteiger partial charge in [0.05, 0.1) is 4.47 Å². The molecule has 0 saturated heterocycles. The Morgan fingerprint density at radius 1 is 1.47 bits per heavy atom. The van der Waals surface area contributed by atoms with Gasteiger partial charge in [-0.25, -0.2) is 9.37 Å². The SMILES string of the molecule is Cc1c(N)cc(C(=O)Nc2ncccc2Br)cc1F. The summed E-state index contributed by atoms with van der Waals surface area (Å²) in [5.74, 6) is -0.609. The number of nitrogens with two attached hydrogens (primary N) is 1. The molecule has 0 spiro atoms. The number of rotatable bonds is 2. The van der Waals surface area contributed by atoms with E-state index >= 15 is 0 Å². The van der Waals surface area contributed by atoms with Crippen molar-refractivity contribution in [2.45, 2.75) is 6.92 Å². The fraction of sp³-hybridized carbons (Fsp3) is 0.0769. The van der Waals surface area contributed by atoms with Crippen LogP contribution in [0.2, 0.25) is 0 Å². The van der Waals surface area contributed by atoms with E-state index in [2.05, 4.69) is 26.2 Å². The third-order valence-electron chi connectivity index (χ3n) is 2.64. The summed E-state index contributed by atoms with van der Waals surface area (Å²) in [7, 11) is 0. The predicted molar refractivity (Wildman–Crippen MR) is 75.4 cm³/mol. The lowest BCUT2D eigenvalue weighted by molar-refractivity contribution is 0.102. The van der Waals surface area contributed by atoms with E-state index in [1.807, 2.05) is 0 Å². The zero-order valence-electron chi connectivity index (χ0n) is 10.1. The molecule has 0 aliphatic rings. The number of hydrogen-bond acceptors (Lipinski definition) is 3. The molecule has 2 aromatic rings. The van der Waals surface area contributed by atoms with Gasteiger partial charge in [-0.3, -0.25) is 4.79 Å². The maximum Gasteiger partial charge on any atom is 0.257 e. The largest absolute Gasteiger partial charge is 0.398 e. The number of pyridine rings is 1. The number of nitrogen functional groups attached to an aromatic ring is 1. The maximum atomic E-state index is 13.5. The molecule has 1 amide bonds. The first-order chi connectivity index (χ1) is 8.99. The summed E-state index contributed by atoms with van der Waals surface area (Å²) in [6.07, 6.45) is 1.55. The third-order valence-corrected chi connectivity index (χ3v) is 3.28. The van der Waals surface area contributed by atoms with Crippen LogP contribution in [0.5, 0.6) is 0 Å². The van der Waals surface area contributed by atoms with Gasteiger partial charge in [-0.15, -0.1) is 0 Å². The molecule has 0 aliphatic carbocycles. The van der Waals surface area contributed by atoms with Gasteiger partial charge in [0.25, 0.3) is 5.91 Å². The highest BCUT2D eigenvalue weighted by molar-refractivity contribution is 9.10. The Morgan fingerprint density at radius 3 is 2.84 bits per heavy atom. The minimum absolute atomic E-state index is 0.151. The molecule has 98 valence electrons. The molecule has 1 aromatic carbocycles. The first-order valence-corrected chi connectivity index (χ1v) is 6.26. The lowest BCUT2D eigenvalue weighted by atomic mass is 10.1. The van der Waals surface area contributed by atoms with Crippen molar-refractivity contribution in [3.05, 3.63) is 51.9 Å². The van der Waals surface area contributed by atoms with Crippen molar-refractivity contribution in [1.29, 1.82) is 0 Å². The van der Waals surface area contributed by atoms with Crippen molar-refractivity contribution in [1.82, 2.24) is 4.98 Å². The number of nitrogens with zero attached hydrogens (tertiary/aromatic N) is 1. The van der Waals surface area contributed by atoms with Gasteiger partial charge in [0.1, 0.15) is 11.6 Å². The molecule has 19 heavy (non-hydrogen) atoms. The van der Waals surface area contributed by atoms with Crippen molar-refractivity contribution < 1.29 is 9.18 Å². The van der Waals surface area contributed by atoms with Crippen molar-refractivity contribution in [2.75, 3.05) is 11.1 Å².